The number of likely N-dealkylation sites (tertiary alicyclic amines) is 1. The zero-order valence-corrected chi connectivity index (χ0v) is 11.2. The van der Waals surface area contributed by atoms with Crippen molar-refractivity contribution in [2.45, 2.75) is 31.1 Å². The van der Waals surface area contributed by atoms with Gasteiger partial charge in [0, 0.05) is 18.8 Å². The topological polar surface area (TPSA) is 32.3 Å². The molecule has 19 heavy (non-hydrogen) atoms. The van der Waals surface area contributed by atoms with Gasteiger partial charge in [0.25, 0.3) is 0 Å². The predicted octanol–water partition coefficient (Wildman–Crippen LogP) is 2.38. The van der Waals surface area contributed by atoms with Crippen LogP contribution in [0, 0.1) is 5.92 Å². The van der Waals surface area contributed by atoms with Crippen LogP contribution in [0.2, 0.25) is 0 Å². The molecule has 1 atom stereocenters. The first-order valence-corrected chi connectivity index (χ1v) is 7.41. The highest BCUT2D eigenvalue weighted by molar-refractivity contribution is 6.06. The van der Waals surface area contributed by atoms with Crippen LogP contribution in [0.5, 0.6) is 0 Å². The summed E-state index contributed by atoms with van der Waals surface area (Å²) in [4.78, 5) is 14.9. The van der Waals surface area contributed by atoms with Crippen LogP contribution in [0.1, 0.15) is 31.2 Å². The normalized spacial score (nSPS) is 30.4. The third kappa shape index (κ3) is 1.64. The minimum absolute atomic E-state index is 0.213. The Balaban J connectivity index is 1.59. The average molecular weight is 256 g/mol. The van der Waals surface area contributed by atoms with Crippen molar-refractivity contribution in [3.63, 3.8) is 0 Å². The summed E-state index contributed by atoms with van der Waals surface area (Å²) in [7, 11) is 0. The SMILES string of the molecule is O=C1Nc2ccccc2[C@@]12CCN(CC1CCC1)C2. The summed E-state index contributed by atoms with van der Waals surface area (Å²) < 4.78 is 0. The second-order valence-corrected chi connectivity index (χ2v) is 6.36. The van der Waals surface area contributed by atoms with E-state index in [0.717, 1.165) is 31.1 Å². The molecule has 2 aliphatic heterocycles. The Hall–Kier alpha value is -1.35. The lowest BCUT2D eigenvalue weighted by atomic mass is 9.81. The van der Waals surface area contributed by atoms with Crippen LogP contribution in [0.3, 0.4) is 0 Å². The molecule has 0 radical (unpaired) electrons. The Morgan fingerprint density at radius 2 is 2.16 bits per heavy atom. The molecule has 1 saturated carbocycles. The summed E-state index contributed by atoms with van der Waals surface area (Å²) in [5.74, 6) is 1.10. The molecule has 1 saturated heterocycles. The largest absolute Gasteiger partial charge is 0.325 e. The third-order valence-corrected chi connectivity index (χ3v) is 5.21. The summed E-state index contributed by atoms with van der Waals surface area (Å²) in [6, 6.07) is 8.20. The van der Waals surface area contributed by atoms with Gasteiger partial charge in [-0.25, -0.2) is 0 Å². The van der Waals surface area contributed by atoms with Crippen molar-refractivity contribution in [3.05, 3.63) is 29.8 Å². The number of fused-ring (bicyclic) bond motifs is 2. The summed E-state index contributed by atoms with van der Waals surface area (Å²) in [5.41, 5.74) is 1.98. The lowest BCUT2D eigenvalue weighted by molar-refractivity contribution is -0.120. The number of nitrogens with one attached hydrogen (secondary N) is 1. The number of para-hydroxylation sites is 1. The summed E-state index contributed by atoms with van der Waals surface area (Å²) in [6.07, 6.45) is 5.13. The fourth-order valence-corrected chi connectivity index (χ4v) is 3.86. The van der Waals surface area contributed by atoms with Crippen molar-refractivity contribution < 1.29 is 4.79 Å². The molecule has 3 aliphatic rings. The van der Waals surface area contributed by atoms with Gasteiger partial charge in [0.2, 0.25) is 5.91 Å². The molecule has 4 rings (SSSR count). The van der Waals surface area contributed by atoms with Gasteiger partial charge in [-0.15, -0.1) is 0 Å². The highest BCUT2D eigenvalue weighted by Crippen LogP contribution is 2.44. The zero-order valence-electron chi connectivity index (χ0n) is 11.2. The summed E-state index contributed by atoms with van der Waals surface area (Å²) >= 11 is 0. The minimum atomic E-state index is -0.264. The second kappa shape index (κ2) is 4.07. The molecule has 100 valence electrons. The first-order chi connectivity index (χ1) is 9.28. The molecule has 1 spiro atoms. The molecule has 3 nitrogen and oxygen atoms in total. The number of amides is 1. The van der Waals surface area contributed by atoms with Crippen LogP contribution >= 0.6 is 0 Å². The van der Waals surface area contributed by atoms with Crippen molar-refractivity contribution in [2.75, 3.05) is 25.0 Å². The number of hydrogen-bond donors (Lipinski definition) is 1. The summed E-state index contributed by atoms with van der Waals surface area (Å²) in [5, 5.41) is 3.07. The molecule has 3 heteroatoms. The maximum Gasteiger partial charge on any atom is 0.236 e. The van der Waals surface area contributed by atoms with Gasteiger partial charge >= 0.3 is 0 Å². The molecule has 1 amide bonds. The van der Waals surface area contributed by atoms with Gasteiger partial charge in [-0.1, -0.05) is 24.6 Å². The average Bonchev–Trinajstić information content (AvgIpc) is 2.90. The van der Waals surface area contributed by atoms with Crippen LogP contribution in [0.15, 0.2) is 24.3 Å². The first-order valence-electron chi connectivity index (χ1n) is 7.41. The second-order valence-electron chi connectivity index (χ2n) is 6.36. The first kappa shape index (κ1) is 11.5. The molecule has 1 aromatic rings. The molecule has 2 heterocycles. The molecule has 0 unspecified atom stereocenters. The van der Waals surface area contributed by atoms with E-state index in [2.05, 4.69) is 22.3 Å². The van der Waals surface area contributed by atoms with Crippen molar-refractivity contribution in [2.24, 2.45) is 5.92 Å². The smallest absolute Gasteiger partial charge is 0.236 e. The number of nitrogens with zero attached hydrogens (tertiary/aromatic N) is 1. The van der Waals surface area contributed by atoms with E-state index in [-0.39, 0.29) is 11.3 Å². The van der Waals surface area contributed by atoms with Crippen molar-refractivity contribution in [1.29, 1.82) is 0 Å². The number of hydrogen-bond acceptors (Lipinski definition) is 2. The monoisotopic (exact) mass is 256 g/mol. The van der Waals surface area contributed by atoms with E-state index in [4.69, 9.17) is 0 Å². The van der Waals surface area contributed by atoms with E-state index in [1.165, 1.54) is 31.4 Å². The molecule has 1 aromatic carbocycles. The molecular formula is C16H20N2O. The van der Waals surface area contributed by atoms with E-state index in [1.54, 1.807) is 0 Å². The Morgan fingerprint density at radius 3 is 2.95 bits per heavy atom. The maximum absolute atomic E-state index is 12.4. The maximum atomic E-state index is 12.4. The van der Waals surface area contributed by atoms with Gasteiger partial charge in [0.1, 0.15) is 0 Å². The molecule has 0 bridgehead atoms. The van der Waals surface area contributed by atoms with E-state index in [0.29, 0.717) is 0 Å². The Bertz CT molecular complexity index is 523. The van der Waals surface area contributed by atoms with Crippen LogP contribution in [-0.4, -0.2) is 30.4 Å². The lowest BCUT2D eigenvalue weighted by Crippen LogP contribution is -2.39. The van der Waals surface area contributed by atoms with E-state index < -0.39 is 0 Å². The molecule has 1 aliphatic carbocycles. The fraction of sp³-hybridized carbons (Fsp3) is 0.562. The molecular weight excluding hydrogens is 236 g/mol. The van der Waals surface area contributed by atoms with Gasteiger partial charge in [-0.2, -0.15) is 0 Å². The lowest BCUT2D eigenvalue weighted by Gasteiger charge is -2.30. The van der Waals surface area contributed by atoms with Crippen molar-refractivity contribution >= 4 is 11.6 Å². The number of benzene rings is 1. The molecule has 2 fully saturated rings. The number of carbonyl (C=O) groups excluding carboxylic acids is 1. The van der Waals surface area contributed by atoms with Crippen LogP contribution in [0.4, 0.5) is 5.69 Å². The van der Waals surface area contributed by atoms with E-state index >= 15 is 0 Å². The van der Waals surface area contributed by atoms with Crippen molar-refractivity contribution in [1.82, 2.24) is 4.90 Å². The number of rotatable bonds is 2. The minimum Gasteiger partial charge on any atom is -0.325 e. The van der Waals surface area contributed by atoms with Gasteiger partial charge in [-0.3, -0.25) is 4.79 Å². The van der Waals surface area contributed by atoms with Gasteiger partial charge in [0.05, 0.1) is 5.41 Å². The van der Waals surface area contributed by atoms with Gasteiger partial charge < -0.3 is 10.2 Å². The van der Waals surface area contributed by atoms with E-state index in [1.807, 2.05) is 12.1 Å². The standard InChI is InChI=1S/C16H20N2O/c19-15-16(13-6-1-2-7-14(13)17-15)8-9-18(11-16)10-12-4-3-5-12/h1-2,6-7,12H,3-5,8-11H2,(H,17,19)/t16-/m0/s1. The van der Waals surface area contributed by atoms with Gasteiger partial charge in [0.15, 0.2) is 0 Å². The Labute approximate surface area is 114 Å². The summed E-state index contributed by atoms with van der Waals surface area (Å²) in [6.45, 7) is 3.17. The highest BCUT2D eigenvalue weighted by Gasteiger charge is 2.51. The third-order valence-electron chi connectivity index (χ3n) is 5.21. The van der Waals surface area contributed by atoms with Crippen molar-refractivity contribution in [3.8, 4) is 0 Å². The molecule has 0 aromatic heterocycles. The predicted molar refractivity (Wildman–Crippen MR) is 75.1 cm³/mol. The zero-order chi connectivity index (χ0) is 12.9. The fourth-order valence-electron chi connectivity index (χ4n) is 3.86. The van der Waals surface area contributed by atoms with Crippen LogP contribution in [-0.2, 0) is 10.2 Å². The number of carbonyl (C=O) groups is 1. The van der Waals surface area contributed by atoms with Crippen LogP contribution < -0.4 is 5.32 Å². The molecule has 1 N–H and O–H groups in total. The highest BCUT2D eigenvalue weighted by atomic mass is 16.2. The Kier molecular flexibility index (Phi) is 2.46. The Morgan fingerprint density at radius 1 is 1.32 bits per heavy atom. The van der Waals surface area contributed by atoms with E-state index in [9.17, 15) is 4.79 Å². The van der Waals surface area contributed by atoms with Gasteiger partial charge in [-0.05, 0) is 43.4 Å². The quantitative estimate of drug-likeness (QED) is 0.881. The van der Waals surface area contributed by atoms with Crippen LogP contribution in [0.25, 0.3) is 0 Å². The number of anilines is 1.